The van der Waals surface area contributed by atoms with Gasteiger partial charge in [-0.25, -0.2) is 4.98 Å². The molecule has 0 unspecified atom stereocenters. The lowest BCUT2D eigenvalue weighted by molar-refractivity contribution is 0.102. The van der Waals surface area contributed by atoms with Crippen molar-refractivity contribution in [2.45, 2.75) is 0 Å². The van der Waals surface area contributed by atoms with Crippen LogP contribution in [0.1, 0.15) is 10.4 Å². The van der Waals surface area contributed by atoms with Gasteiger partial charge in [0.1, 0.15) is 5.15 Å². The van der Waals surface area contributed by atoms with Crippen LogP contribution in [0.3, 0.4) is 0 Å². The summed E-state index contributed by atoms with van der Waals surface area (Å²) in [6.45, 7) is 0. The highest BCUT2D eigenvalue weighted by atomic mass is 79.9. The number of carbonyl (C=O) groups is 1. The van der Waals surface area contributed by atoms with Crippen molar-refractivity contribution in [3.63, 3.8) is 0 Å². The molecule has 1 N–H and O–H groups in total. The molecule has 0 radical (unpaired) electrons. The number of halogens is 2. The predicted molar refractivity (Wildman–Crippen MR) is 86.6 cm³/mol. The number of aromatic nitrogens is 2. The molecule has 0 atom stereocenters. The van der Waals surface area contributed by atoms with Crippen molar-refractivity contribution in [1.82, 2.24) is 9.97 Å². The number of nitrogens with one attached hydrogen (secondary N) is 1. The molecule has 0 aliphatic carbocycles. The van der Waals surface area contributed by atoms with Gasteiger partial charge in [-0.3, -0.25) is 9.78 Å². The van der Waals surface area contributed by atoms with Crippen molar-refractivity contribution in [3.05, 3.63) is 64.1 Å². The molecule has 0 saturated carbocycles. The number of benzene rings is 1. The second-order valence-electron chi connectivity index (χ2n) is 4.35. The minimum absolute atomic E-state index is 0.161. The summed E-state index contributed by atoms with van der Waals surface area (Å²) >= 11 is 9.25. The van der Waals surface area contributed by atoms with Gasteiger partial charge in [-0.1, -0.05) is 23.7 Å². The van der Waals surface area contributed by atoms with E-state index in [1.54, 1.807) is 24.7 Å². The molecule has 0 aliphatic heterocycles. The molecule has 104 valence electrons. The molecule has 2 heterocycles. The van der Waals surface area contributed by atoms with E-state index in [0.29, 0.717) is 15.7 Å². The minimum Gasteiger partial charge on any atom is -0.321 e. The van der Waals surface area contributed by atoms with Crippen LogP contribution in [0.15, 0.2) is 53.4 Å². The third kappa shape index (κ3) is 2.89. The Bertz CT molecular complexity index is 833. The van der Waals surface area contributed by atoms with E-state index in [4.69, 9.17) is 11.6 Å². The van der Waals surface area contributed by atoms with Crippen molar-refractivity contribution in [3.8, 4) is 0 Å². The first kappa shape index (κ1) is 14.0. The number of anilines is 1. The fourth-order valence-electron chi connectivity index (χ4n) is 1.99. The number of amides is 1. The number of rotatable bonds is 2. The summed E-state index contributed by atoms with van der Waals surface area (Å²) in [6.07, 6.45) is 4.97. The Morgan fingerprint density at radius 1 is 1.24 bits per heavy atom. The maximum Gasteiger partial charge on any atom is 0.258 e. The van der Waals surface area contributed by atoms with Gasteiger partial charge in [-0.15, -0.1) is 0 Å². The second-order valence-corrected chi connectivity index (χ2v) is 5.62. The summed E-state index contributed by atoms with van der Waals surface area (Å²) in [5.41, 5.74) is 0.994. The minimum atomic E-state index is -0.315. The van der Waals surface area contributed by atoms with Crippen LogP contribution in [0, 0.1) is 0 Å². The molecule has 1 amide bonds. The average Bonchev–Trinajstić information content (AvgIpc) is 2.50. The topological polar surface area (TPSA) is 54.9 Å². The molecule has 0 saturated heterocycles. The molecule has 0 bridgehead atoms. The first-order chi connectivity index (χ1) is 10.1. The van der Waals surface area contributed by atoms with Gasteiger partial charge in [0.15, 0.2) is 0 Å². The number of fused-ring (bicyclic) bond motifs is 1. The second kappa shape index (κ2) is 5.79. The van der Waals surface area contributed by atoms with Gasteiger partial charge in [0.05, 0.1) is 11.3 Å². The number of hydrogen-bond donors (Lipinski definition) is 1. The highest BCUT2D eigenvalue weighted by Gasteiger charge is 2.13. The van der Waals surface area contributed by atoms with Crippen molar-refractivity contribution in [2.75, 3.05) is 5.32 Å². The van der Waals surface area contributed by atoms with E-state index >= 15 is 0 Å². The smallest absolute Gasteiger partial charge is 0.258 e. The maximum atomic E-state index is 12.4. The van der Waals surface area contributed by atoms with Gasteiger partial charge in [-0.05, 0) is 39.5 Å². The summed E-state index contributed by atoms with van der Waals surface area (Å²) in [6, 6.07) is 9.17. The highest BCUT2D eigenvalue weighted by molar-refractivity contribution is 9.10. The fraction of sp³-hybridized carbons (Fsp3) is 0. The Morgan fingerprint density at radius 3 is 2.95 bits per heavy atom. The Hall–Kier alpha value is -1.98. The SMILES string of the molecule is O=C(Nc1cccc2ccncc12)c1cc(Br)cnc1Cl. The van der Waals surface area contributed by atoms with Crippen molar-refractivity contribution >= 4 is 49.9 Å². The molecular formula is C15H9BrClN3O. The maximum absolute atomic E-state index is 12.4. The molecule has 1 aromatic carbocycles. The number of pyridine rings is 2. The number of hydrogen-bond acceptors (Lipinski definition) is 3. The van der Waals surface area contributed by atoms with E-state index in [9.17, 15) is 4.79 Å². The Kier molecular flexibility index (Phi) is 3.86. The summed E-state index contributed by atoms with van der Waals surface area (Å²) in [5, 5.41) is 4.88. The fourth-order valence-corrected chi connectivity index (χ4v) is 2.51. The lowest BCUT2D eigenvalue weighted by atomic mass is 10.1. The molecular weight excluding hydrogens is 354 g/mol. The highest BCUT2D eigenvalue weighted by Crippen LogP contribution is 2.24. The Morgan fingerprint density at radius 2 is 2.10 bits per heavy atom. The molecule has 4 nitrogen and oxygen atoms in total. The van der Waals surface area contributed by atoms with Crippen LogP contribution in [-0.4, -0.2) is 15.9 Å². The zero-order chi connectivity index (χ0) is 14.8. The molecule has 0 fully saturated rings. The molecule has 3 aromatic rings. The first-order valence-electron chi connectivity index (χ1n) is 6.10. The van der Waals surface area contributed by atoms with E-state index in [1.807, 2.05) is 24.3 Å². The van der Waals surface area contributed by atoms with Crippen LogP contribution >= 0.6 is 27.5 Å². The van der Waals surface area contributed by atoms with Gasteiger partial charge in [0.25, 0.3) is 5.91 Å². The zero-order valence-electron chi connectivity index (χ0n) is 10.7. The number of carbonyl (C=O) groups excluding carboxylic acids is 1. The zero-order valence-corrected chi connectivity index (χ0v) is 13.0. The van der Waals surface area contributed by atoms with Crippen molar-refractivity contribution < 1.29 is 4.79 Å². The average molecular weight is 363 g/mol. The van der Waals surface area contributed by atoms with Gasteiger partial charge >= 0.3 is 0 Å². The molecule has 0 aliphatic rings. The van der Waals surface area contributed by atoms with Gasteiger partial charge in [-0.2, -0.15) is 0 Å². The standard InChI is InChI=1S/C15H9BrClN3O/c16-10-6-11(14(17)19-7-10)15(21)20-13-3-1-2-9-4-5-18-8-12(9)13/h1-8H,(H,20,21). The molecule has 6 heteroatoms. The van der Waals surface area contributed by atoms with E-state index in [2.05, 4.69) is 31.2 Å². The third-order valence-electron chi connectivity index (χ3n) is 2.98. The molecule has 21 heavy (non-hydrogen) atoms. The lowest BCUT2D eigenvalue weighted by Gasteiger charge is -2.09. The Labute approximate surface area is 134 Å². The summed E-state index contributed by atoms with van der Waals surface area (Å²) in [7, 11) is 0. The summed E-state index contributed by atoms with van der Waals surface area (Å²) < 4.78 is 0.691. The summed E-state index contributed by atoms with van der Waals surface area (Å²) in [5.74, 6) is -0.315. The lowest BCUT2D eigenvalue weighted by Crippen LogP contribution is -2.13. The van der Waals surface area contributed by atoms with E-state index in [0.717, 1.165) is 10.8 Å². The van der Waals surface area contributed by atoms with Gasteiger partial charge in [0.2, 0.25) is 0 Å². The van der Waals surface area contributed by atoms with E-state index in [-0.39, 0.29) is 11.1 Å². The van der Waals surface area contributed by atoms with Crippen LogP contribution in [0.4, 0.5) is 5.69 Å². The van der Waals surface area contributed by atoms with Crippen molar-refractivity contribution in [1.29, 1.82) is 0 Å². The molecule has 0 spiro atoms. The summed E-state index contributed by atoms with van der Waals surface area (Å²) in [4.78, 5) is 20.4. The predicted octanol–water partition coefficient (Wildman–Crippen LogP) is 4.30. The first-order valence-corrected chi connectivity index (χ1v) is 7.27. The number of nitrogens with zero attached hydrogens (tertiary/aromatic N) is 2. The van der Waals surface area contributed by atoms with E-state index in [1.165, 1.54) is 0 Å². The normalized spacial score (nSPS) is 10.6. The molecule has 2 aromatic heterocycles. The van der Waals surface area contributed by atoms with Crippen LogP contribution in [-0.2, 0) is 0 Å². The van der Waals surface area contributed by atoms with E-state index < -0.39 is 0 Å². The van der Waals surface area contributed by atoms with Crippen LogP contribution < -0.4 is 5.32 Å². The monoisotopic (exact) mass is 361 g/mol. The largest absolute Gasteiger partial charge is 0.321 e. The van der Waals surface area contributed by atoms with Crippen LogP contribution in [0.25, 0.3) is 10.8 Å². The third-order valence-corrected chi connectivity index (χ3v) is 3.72. The quantitative estimate of drug-likeness (QED) is 0.692. The van der Waals surface area contributed by atoms with Crippen molar-refractivity contribution in [2.24, 2.45) is 0 Å². The van der Waals surface area contributed by atoms with Crippen LogP contribution in [0.5, 0.6) is 0 Å². The van der Waals surface area contributed by atoms with Gasteiger partial charge < -0.3 is 5.32 Å². The Balaban J connectivity index is 1.99. The van der Waals surface area contributed by atoms with Crippen LogP contribution in [0.2, 0.25) is 5.15 Å². The molecule has 3 rings (SSSR count). The van der Waals surface area contributed by atoms with Gasteiger partial charge in [0, 0.05) is 28.4 Å².